The lowest BCUT2D eigenvalue weighted by Gasteiger charge is -2.10. The van der Waals surface area contributed by atoms with Gasteiger partial charge in [0.15, 0.2) is 0 Å². The summed E-state index contributed by atoms with van der Waals surface area (Å²) in [5.74, 6) is 5.10. The third-order valence-electron chi connectivity index (χ3n) is 3.25. The number of hydrazine groups is 1. The molecule has 0 bridgehead atoms. The van der Waals surface area contributed by atoms with E-state index in [4.69, 9.17) is 5.84 Å². The van der Waals surface area contributed by atoms with Gasteiger partial charge in [-0.15, -0.1) is 11.8 Å². The summed E-state index contributed by atoms with van der Waals surface area (Å²) in [4.78, 5) is 12.1. The maximum absolute atomic E-state index is 13.5. The molecule has 3 nitrogen and oxygen atoms in total. The van der Waals surface area contributed by atoms with Crippen LogP contribution in [0.1, 0.15) is 24.0 Å². The van der Waals surface area contributed by atoms with E-state index in [1.807, 2.05) is 30.3 Å². The molecule has 1 amide bonds. The van der Waals surface area contributed by atoms with Gasteiger partial charge in [0, 0.05) is 10.6 Å². The van der Waals surface area contributed by atoms with Crippen molar-refractivity contribution in [3.05, 3.63) is 65.5 Å². The van der Waals surface area contributed by atoms with E-state index in [-0.39, 0.29) is 17.6 Å². The smallest absolute Gasteiger partial charge is 0.241 e. The number of benzene rings is 2. The number of thioether (sulfide) groups is 1. The zero-order valence-electron chi connectivity index (χ0n) is 11.7. The molecule has 0 saturated heterocycles. The number of halogens is 1. The van der Waals surface area contributed by atoms with Crippen molar-refractivity contribution in [1.29, 1.82) is 0 Å². The quantitative estimate of drug-likeness (QED) is 0.386. The molecule has 0 fully saturated rings. The van der Waals surface area contributed by atoms with Gasteiger partial charge in [0.25, 0.3) is 0 Å². The van der Waals surface area contributed by atoms with Crippen LogP contribution in [0.5, 0.6) is 0 Å². The molecule has 0 saturated carbocycles. The molecule has 2 aromatic rings. The third kappa shape index (κ3) is 4.06. The first-order chi connectivity index (χ1) is 10.1. The van der Waals surface area contributed by atoms with Crippen molar-refractivity contribution in [2.24, 2.45) is 5.84 Å². The van der Waals surface area contributed by atoms with Crippen molar-refractivity contribution in [3.63, 3.8) is 0 Å². The van der Waals surface area contributed by atoms with Gasteiger partial charge >= 0.3 is 0 Å². The van der Waals surface area contributed by atoms with Crippen LogP contribution in [0.4, 0.5) is 4.39 Å². The highest BCUT2D eigenvalue weighted by atomic mass is 32.2. The van der Waals surface area contributed by atoms with E-state index >= 15 is 0 Å². The molecule has 0 aliphatic carbocycles. The molecular weight excluding hydrogens is 287 g/mol. The van der Waals surface area contributed by atoms with Gasteiger partial charge in [-0.2, -0.15) is 0 Å². The van der Waals surface area contributed by atoms with E-state index in [0.717, 1.165) is 11.1 Å². The van der Waals surface area contributed by atoms with Gasteiger partial charge in [-0.3, -0.25) is 10.2 Å². The molecule has 1 unspecified atom stereocenters. The standard InChI is InChI=1S/C16H17FN2OS/c1-11(16(20)19-18)13-8-6-12(7-9-13)10-21-15-5-3-2-4-14(15)17/h2-9,11H,10,18H2,1H3,(H,19,20). The van der Waals surface area contributed by atoms with Crippen LogP contribution in [-0.2, 0) is 10.5 Å². The lowest BCUT2D eigenvalue weighted by atomic mass is 9.99. The fourth-order valence-electron chi connectivity index (χ4n) is 1.90. The average Bonchev–Trinajstić information content (AvgIpc) is 2.53. The summed E-state index contributed by atoms with van der Waals surface area (Å²) in [5.41, 5.74) is 4.12. The van der Waals surface area contributed by atoms with Gasteiger partial charge in [-0.1, -0.05) is 36.4 Å². The monoisotopic (exact) mass is 304 g/mol. The van der Waals surface area contributed by atoms with Gasteiger partial charge < -0.3 is 0 Å². The second-order valence-electron chi connectivity index (χ2n) is 4.69. The maximum Gasteiger partial charge on any atom is 0.241 e. The topological polar surface area (TPSA) is 55.1 Å². The van der Waals surface area contributed by atoms with Crippen LogP contribution in [0.15, 0.2) is 53.4 Å². The lowest BCUT2D eigenvalue weighted by molar-refractivity contribution is -0.122. The van der Waals surface area contributed by atoms with E-state index in [1.54, 1.807) is 19.1 Å². The van der Waals surface area contributed by atoms with Crippen LogP contribution in [0.25, 0.3) is 0 Å². The van der Waals surface area contributed by atoms with Crippen molar-refractivity contribution in [2.75, 3.05) is 0 Å². The van der Waals surface area contributed by atoms with Gasteiger partial charge in [0.1, 0.15) is 5.82 Å². The molecule has 2 aromatic carbocycles. The summed E-state index contributed by atoms with van der Waals surface area (Å²) < 4.78 is 13.5. The molecule has 1 atom stereocenters. The van der Waals surface area contributed by atoms with Crippen LogP contribution in [-0.4, -0.2) is 5.91 Å². The van der Waals surface area contributed by atoms with E-state index in [2.05, 4.69) is 5.43 Å². The SMILES string of the molecule is CC(C(=O)NN)c1ccc(CSc2ccccc2F)cc1. The maximum atomic E-state index is 13.5. The van der Waals surface area contributed by atoms with Gasteiger partial charge in [0.05, 0.1) is 5.92 Å². The molecule has 21 heavy (non-hydrogen) atoms. The summed E-state index contributed by atoms with van der Waals surface area (Å²) in [6.45, 7) is 1.80. The van der Waals surface area contributed by atoms with Gasteiger partial charge in [-0.05, 0) is 30.2 Å². The summed E-state index contributed by atoms with van der Waals surface area (Å²) in [7, 11) is 0. The van der Waals surface area contributed by atoms with Crippen LogP contribution in [0, 0.1) is 5.82 Å². The summed E-state index contributed by atoms with van der Waals surface area (Å²) >= 11 is 1.45. The van der Waals surface area contributed by atoms with Crippen LogP contribution in [0.2, 0.25) is 0 Å². The fraction of sp³-hybridized carbons (Fsp3) is 0.188. The van der Waals surface area contributed by atoms with E-state index in [0.29, 0.717) is 10.6 Å². The Balaban J connectivity index is 2.00. The van der Waals surface area contributed by atoms with Gasteiger partial charge in [0.2, 0.25) is 5.91 Å². The molecule has 0 spiro atoms. The minimum Gasteiger partial charge on any atom is -0.294 e. The highest BCUT2D eigenvalue weighted by Gasteiger charge is 2.13. The predicted molar refractivity (Wildman–Crippen MR) is 83.1 cm³/mol. The van der Waals surface area contributed by atoms with Crippen LogP contribution in [0.3, 0.4) is 0 Å². The van der Waals surface area contributed by atoms with E-state index in [1.165, 1.54) is 17.8 Å². The highest BCUT2D eigenvalue weighted by molar-refractivity contribution is 7.98. The minimum absolute atomic E-state index is 0.202. The third-order valence-corrected chi connectivity index (χ3v) is 4.37. The van der Waals surface area contributed by atoms with E-state index in [9.17, 15) is 9.18 Å². The zero-order chi connectivity index (χ0) is 15.2. The lowest BCUT2D eigenvalue weighted by Crippen LogP contribution is -2.33. The Bertz CT molecular complexity index is 616. The molecule has 0 heterocycles. The number of carbonyl (C=O) groups is 1. The second kappa shape index (κ2) is 7.24. The van der Waals surface area contributed by atoms with E-state index < -0.39 is 0 Å². The van der Waals surface area contributed by atoms with Gasteiger partial charge in [-0.25, -0.2) is 10.2 Å². The Morgan fingerprint density at radius 1 is 1.24 bits per heavy atom. The molecule has 0 aliphatic rings. The number of hydrogen-bond donors (Lipinski definition) is 2. The normalized spacial score (nSPS) is 12.0. The molecule has 110 valence electrons. The van der Waals surface area contributed by atoms with Crippen molar-refractivity contribution >= 4 is 17.7 Å². The first-order valence-electron chi connectivity index (χ1n) is 6.58. The highest BCUT2D eigenvalue weighted by Crippen LogP contribution is 2.26. The first-order valence-corrected chi connectivity index (χ1v) is 7.57. The average molecular weight is 304 g/mol. The summed E-state index contributed by atoms with van der Waals surface area (Å²) in [5, 5.41) is 0. The van der Waals surface area contributed by atoms with Crippen molar-refractivity contribution in [1.82, 2.24) is 5.43 Å². The molecule has 5 heteroatoms. The Kier molecular flexibility index (Phi) is 5.36. The number of amides is 1. The molecule has 2 rings (SSSR count). The Labute approximate surface area is 127 Å². The summed E-state index contributed by atoms with van der Waals surface area (Å²) in [6.07, 6.45) is 0. The number of hydrogen-bond acceptors (Lipinski definition) is 3. The minimum atomic E-state index is -0.289. The Morgan fingerprint density at radius 3 is 2.52 bits per heavy atom. The number of nitrogens with two attached hydrogens (primary N) is 1. The molecule has 0 radical (unpaired) electrons. The summed E-state index contributed by atoms with van der Waals surface area (Å²) in [6, 6.07) is 14.4. The first kappa shape index (κ1) is 15.5. The van der Waals surface area contributed by atoms with Crippen LogP contribution < -0.4 is 11.3 Å². The second-order valence-corrected chi connectivity index (χ2v) is 5.71. The fourth-order valence-corrected chi connectivity index (χ4v) is 2.80. The van der Waals surface area contributed by atoms with Crippen molar-refractivity contribution in [2.45, 2.75) is 23.5 Å². The number of rotatable bonds is 5. The largest absolute Gasteiger partial charge is 0.294 e. The predicted octanol–water partition coefficient (Wildman–Crippen LogP) is 3.21. The number of nitrogens with one attached hydrogen (secondary N) is 1. The molecule has 0 aromatic heterocycles. The zero-order valence-corrected chi connectivity index (χ0v) is 12.5. The van der Waals surface area contributed by atoms with Crippen molar-refractivity contribution < 1.29 is 9.18 Å². The molecule has 0 aliphatic heterocycles. The Morgan fingerprint density at radius 2 is 1.90 bits per heavy atom. The molecular formula is C16H17FN2OS. The van der Waals surface area contributed by atoms with Crippen LogP contribution >= 0.6 is 11.8 Å². The van der Waals surface area contributed by atoms with Crippen molar-refractivity contribution in [3.8, 4) is 0 Å². The number of carbonyl (C=O) groups excluding carboxylic acids is 1. The Hall–Kier alpha value is -1.85. The molecule has 3 N–H and O–H groups in total.